The molecule has 2 rings (SSSR count). The third kappa shape index (κ3) is 0.877. The molecule has 1 amide bonds. The summed E-state index contributed by atoms with van der Waals surface area (Å²) < 4.78 is 0. The van der Waals surface area contributed by atoms with Gasteiger partial charge < -0.3 is 5.32 Å². The Bertz CT molecular complexity index is 308. The summed E-state index contributed by atoms with van der Waals surface area (Å²) in [5, 5.41) is 2.63. The summed E-state index contributed by atoms with van der Waals surface area (Å²) in [6, 6.07) is 0. The third-order valence-electron chi connectivity index (χ3n) is 4.22. The summed E-state index contributed by atoms with van der Waals surface area (Å²) >= 11 is 0. The first kappa shape index (κ1) is 9.69. The Morgan fingerprint density at radius 2 is 2.14 bits per heavy atom. The first-order valence-corrected chi connectivity index (χ1v) is 5.22. The number of ketones is 1. The van der Waals surface area contributed by atoms with E-state index < -0.39 is 5.41 Å². The van der Waals surface area contributed by atoms with Crippen molar-refractivity contribution >= 4 is 11.7 Å². The molecule has 0 radical (unpaired) electrons. The van der Waals surface area contributed by atoms with Gasteiger partial charge in [0.25, 0.3) is 0 Å². The Labute approximate surface area is 84.2 Å². The van der Waals surface area contributed by atoms with E-state index in [-0.39, 0.29) is 17.1 Å². The van der Waals surface area contributed by atoms with Gasteiger partial charge in [0, 0.05) is 12.5 Å². The summed E-state index contributed by atoms with van der Waals surface area (Å²) in [4.78, 5) is 23.9. The fourth-order valence-corrected chi connectivity index (χ4v) is 3.22. The van der Waals surface area contributed by atoms with Crippen LogP contribution in [0.2, 0.25) is 0 Å². The van der Waals surface area contributed by atoms with E-state index in [0.717, 1.165) is 19.3 Å². The van der Waals surface area contributed by atoms with Crippen LogP contribution in [0, 0.1) is 16.7 Å². The molecular weight excluding hydrogens is 178 g/mol. The van der Waals surface area contributed by atoms with Gasteiger partial charge in [-0.05, 0) is 25.2 Å². The molecule has 2 unspecified atom stereocenters. The Morgan fingerprint density at radius 3 is 2.57 bits per heavy atom. The van der Waals surface area contributed by atoms with Gasteiger partial charge in [-0.25, -0.2) is 0 Å². The predicted molar refractivity (Wildman–Crippen MR) is 52.6 cm³/mol. The molecule has 3 nitrogen and oxygen atoms in total. The second-order valence-corrected chi connectivity index (χ2v) is 5.15. The first-order valence-electron chi connectivity index (χ1n) is 5.22. The summed E-state index contributed by atoms with van der Waals surface area (Å²) in [5.41, 5.74) is -0.965. The molecule has 2 atom stereocenters. The highest BCUT2D eigenvalue weighted by atomic mass is 16.2. The van der Waals surface area contributed by atoms with Crippen LogP contribution in [0.25, 0.3) is 0 Å². The van der Waals surface area contributed by atoms with E-state index >= 15 is 0 Å². The fraction of sp³-hybridized carbons (Fsp3) is 0.818. The molecule has 2 saturated carbocycles. The standard InChI is InChI=1S/C11H17NO2/c1-10(2)7-4-5-11(6-7,8(10)13)9(14)12-3/h7H,4-6H2,1-3H3,(H,12,14). The van der Waals surface area contributed by atoms with Gasteiger partial charge in [0.1, 0.15) is 5.41 Å². The Balaban J connectivity index is 2.40. The van der Waals surface area contributed by atoms with Gasteiger partial charge in [-0.1, -0.05) is 13.8 Å². The number of hydrogen-bond donors (Lipinski definition) is 1. The lowest BCUT2D eigenvalue weighted by Crippen LogP contribution is -2.46. The number of nitrogens with one attached hydrogen (secondary N) is 1. The maximum atomic E-state index is 12.1. The summed E-state index contributed by atoms with van der Waals surface area (Å²) in [6.45, 7) is 3.95. The van der Waals surface area contributed by atoms with Crippen molar-refractivity contribution in [2.24, 2.45) is 16.7 Å². The van der Waals surface area contributed by atoms with E-state index in [1.54, 1.807) is 7.05 Å². The predicted octanol–water partition coefficient (Wildman–Crippen LogP) is 1.13. The van der Waals surface area contributed by atoms with Crippen molar-refractivity contribution in [3.63, 3.8) is 0 Å². The molecule has 2 bridgehead atoms. The summed E-state index contributed by atoms with van der Waals surface area (Å²) in [6.07, 6.45) is 2.53. The topological polar surface area (TPSA) is 46.2 Å². The number of amides is 1. The highest BCUT2D eigenvalue weighted by molar-refractivity contribution is 6.10. The van der Waals surface area contributed by atoms with Gasteiger partial charge in [0.2, 0.25) is 5.91 Å². The van der Waals surface area contributed by atoms with E-state index in [0.29, 0.717) is 5.92 Å². The molecule has 1 N–H and O–H groups in total. The SMILES string of the molecule is CNC(=O)C12CCC(C1)C(C)(C)C2=O. The van der Waals surface area contributed by atoms with Crippen LogP contribution >= 0.6 is 0 Å². The van der Waals surface area contributed by atoms with Gasteiger partial charge >= 0.3 is 0 Å². The maximum Gasteiger partial charge on any atom is 0.233 e. The van der Waals surface area contributed by atoms with E-state index in [2.05, 4.69) is 5.32 Å². The molecule has 2 fully saturated rings. The van der Waals surface area contributed by atoms with E-state index in [1.165, 1.54) is 0 Å². The van der Waals surface area contributed by atoms with Crippen molar-refractivity contribution in [2.75, 3.05) is 7.05 Å². The Kier molecular flexibility index (Phi) is 1.79. The summed E-state index contributed by atoms with van der Waals surface area (Å²) in [5.74, 6) is 0.489. The molecule has 3 heteroatoms. The number of Topliss-reactive ketones (excluding diaryl/α,β-unsaturated/α-hetero) is 1. The van der Waals surface area contributed by atoms with E-state index in [4.69, 9.17) is 0 Å². The van der Waals surface area contributed by atoms with Crippen LogP contribution in [0.15, 0.2) is 0 Å². The minimum Gasteiger partial charge on any atom is -0.358 e. The molecule has 0 heterocycles. The van der Waals surface area contributed by atoms with Crippen molar-refractivity contribution in [1.29, 1.82) is 0 Å². The largest absolute Gasteiger partial charge is 0.358 e. The maximum absolute atomic E-state index is 12.1. The van der Waals surface area contributed by atoms with Crippen LogP contribution in [-0.2, 0) is 9.59 Å². The molecule has 0 aromatic rings. The minimum atomic E-state index is -0.678. The van der Waals surface area contributed by atoms with Gasteiger partial charge in [0.15, 0.2) is 5.78 Å². The van der Waals surface area contributed by atoms with Crippen molar-refractivity contribution < 1.29 is 9.59 Å². The van der Waals surface area contributed by atoms with Crippen LogP contribution < -0.4 is 5.32 Å². The second kappa shape index (κ2) is 2.59. The lowest BCUT2D eigenvalue weighted by atomic mass is 9.70. The molecular formula is C11H17NO2. The first-order chi connectivity index (χ1) is 6.45. The number of hydrogen-bond acceptors (Lipinski definition) is 2. The highest BCUT2D eigenvalue weighted by Gasteiger charge is 2.64. The lowest BCUT2D eigenvalue weighted by Gasteiger charge is -2.32. The molecule has 0 aromatic heterocycles. The smallest absolute Gasteiger partial charge is 0.233 e. The second-order valence-electron chi connectivity index (χ2n) is 5.15. The Morgan fingerprint density at radius 1 is 1.50 bits per heavy atom. The van der Waals surface area contributed by atoms with Crippen molar-refractivity contribution in [2.45, 2.75) is 33.1 Å². The molecule has 14 heavy (non-hydrogen) atoms. The van der Waals surface area contributed by atoms with Crippen LogP contribution in [-0.4, -0.2) is 18.7 Å². The van der Waals surface area contributed by atoms with Gasteiger partial charge in [-0.15, -0.1) is 0 Å². The number of fused-ring (bicyclic) bond motifs is 2. The molecule has 0 saturated heterocycles. The van der Waals surface area contributed by atoms with Crippen LogP contribution in [0.3, 0.4) is 0 Å². The van der Waals surface area contributed by atoms with Gasteiger partial charge in [0.05, 0.1) is 0 Å². The average molecular weight is 195 g/mol. The lowest BCUT2D eigenvalue weighted by molar-refractivity contribution is -0.144. The number of carbonyl (C=O) groups is 2. The Hall–Kier alpha value is -0.860. The monoisotopic (exact) mass is 195 g/mol. The van der Waals surface area contributed by atoms with Gasteiger partial charge in [-0.3, -0.25) is 9.59 Å². The molecule has 0 aliphatic heterocycles. The van der Waals surface area contributed by atoms with Gasteiger partial charge in [-0.2, -0.15) is 0 Å². The highest BCUT2D eigenvalue weighted by Crippen LogP contribution is 2.60. The molecule has 0 spiro atoms. The normalized spacial score (nSPS) is 38.8. The van der Waals surface area contributed by atoms with Crippen molar-refractivity contribution in [3.8, 4) is 0 Å². The van der Waals surface area contributed by atoms with Crippen molar-refractivity contribution in [3.05, 3.63) is 0 Å². The zero-order valence-corrected chi connectivity index (χ0v) is 9.02. The molecule has 0 aromatic carbocycles. The third-order valence-corrected chi connectivity index (χ3v) is 4.22. The minimum absolute atomic E-state index is 0.0735. The van der Waals surface area contributed by atoms with Crippen LogP contribution in [0.4, 0.5) is 0 Å². The number of rotatable bonds is 1. The van der Waals surface area contributed by atoms with Crippen molar-refractivity contribution in [1.82, 2.24) is 5.32 Å². The van der Waals surface area contributed by atoms with Crippen LogP contribution in [0.5, 0.6) is 0 Å². The van der Waals surface area contributed by atoms with Crippen LogP contribution in [0.1, 0.15) is 33.1 Å². The summed E-state index contributed by atoms with van der Waals surface area (Å²) in [7, 11) is 1.61. The quantitative estimate of drug-likeness (QED) is 0.637. The fourth-order valence-electron chi connectivity index (χ4n) is 3.22. The number of carbonyl (C=O) groups excluding carboxylic acids is 2. The van der Waals surface area contributed by atoms with E-state index in [9.17, 15) is 9.59 Å². The average Bonchev–Trinajstić information content (AvgIpc) is 2.66. The van der Waals surface area contributed by atoms with E-state index in [1.807, 2.05) is 13.8 Å². The molecule has 2 aliphatic rings. The molecule has 78 valence electrons. The zero-order chi connectivity index (χ0) is 10.6. The molecule has 2 aliphatic carbocycles. The zero-order valence-electron chi connectivity index (χ0n) is 9.02.